The normalized spacial score (nSPS) is 15.2. The molecule has 6 N–H and O–H groups in total. The summed E-state index contributed by atoms with van der Waals surface area (Å²) >= 11 is 0. The number of aromatic hydroxyl groups is 2. The molecule has 0 amide bonds. The zero-order chi connectivity index (χ0) is 34.9. The molecule has 0 unspecified atom stereocenters. The van der Waals surface area contributed by atoms with Crippen LogP contribution in [0.3, 0.4) is 0 Å². The monoisotopic (exact) mass is 677 g/mol. The number of phenols is 2. The maximum absolute atomic E-state index is 11.7. The largest absolute Gasteiger partial charge is 0.508 e. The molecule has 1 atom stereocenters. The van der Waals surface area contributed by atoms with Crippen LogP contribution >= 0.6 is 0 Å². The van der Waals surface area contributed by atoms with Crippen molar-refractivity contribution in [3.8, 4) is 17.2 Å². The number of aliphatic hydroxyl groups excluding tert-OH is 2. The molecule has 2 heterocycles. The number of hydrogen-bond acceptors (Lipinski definition) is 8. The first-order valence-corrected chi connectivity index (χ1v) is 17.5. The van der Waals surface area contributed by atoms with E-state index in [4.69, 9.17) is 4.74 Å². The molecule has 1 fully saturated rings. The fourth-order valence-corrected chi connectivity index (χ4v) is 7.24. The lowest BCUT2D eigenvalue weighted by Gasteiger charge is -2.43. The molecular weight excluding hydrogens is 630 g/mol. The Bertz CT molecular complexity index is 1900. The van der Waals surface area contributed by atoms with Gasteiger partial charge >= 0.3 is 0 Å². The van der Waals surface area contributed by atoms with Crippen LogP contribution in [0.1, 0.15) is 53.2 Å². The minimum Gasteiger partial charge on any atom is -0.508 e. The van der Waals surface area contributed by atoms with Crippen LogP contribution < -0.4 is 15.6 Å². The molecule has 0 saturated carbocycles. The number of benzene rings is 4. The number of piperidine rings is 1. The smallest absolute Gasteiger partial charge is 0.248 e. The van der Waals surface area contributed by atoms with Gasteiger partial charge in [-0.1, -0.05) is 60.7 Å². The Morgan fingerprint density at radius 2 is 1.60 bits per heavy atom. The first-order chi connectivity index (χ1) is 24.4. The van der Waals surface area contributed by atoms with E-state index in [1.165, 1.54) is 23.3 Å². The Kier molecular flexibility index (Phi) is 11.5. The molecule has 9 nitrogen and oxygen atoms in total. The van der Waals surface area contributed by atoms with Crippen LogP contribution in [0.15, 0.2) is 102 Å². The Labute approximate surface area is 292 Å². The number of H-pyrrole nitrogens is 1. The number of nitrogens with one attached hydrogen (secondary N) is 2. The lowest BCUT2D eigenvalue weighted by atomic mass is 9.67. The first-order valence-electron chi connectivity index (χ1n) is 17.5. The van der Waals surface area contributed by atoms with Crippen LogP contribution in [0.2, 0.25) is 0 Å². The molecule has 262 valence electrons. The number of pyridine rings is 1. The Morgan fingerprint density at radius 1 is 0.860 bits per heavy atom. The van der Waals surface area contributed by atoms with Crippen molar-refractivity contribution in [3.05, 3.63) is 135 Å². The summed E-state index contributed by atoms with van der Waals surface area (Å²) in [7, 11) is 0. The number of nitrogens with zero attached hydrogens (tertiary/aromatic N) is 1. The standard InChI is InChI=1S/C41H47N3O6/c45-25-24-44-22-19-41(20-23-44,31-6-2-1-3-7-31)35-27-30(10-15-36(35)46)5-4-26-50-32-11-8-29(9-12-32)18-21-42-28-38(48)33-13-16-37(47)40-34(33)14-17-39(49)43-40/h1-3,6-17,27,38,42,45-48H,4-5,18-26,28H2,(H,43,49)/t38-/m0/s1. The van der Waals surface area contributed by atoms with E-state index in [0.29, 0.717) is 48.5 Å². The highest BCUT2D eigenvalue weighted by molar-refractivity contribution is 5.87. The van der Waals surface area contributed by atoms with Gasteiger partial charge in [-0.2, -0.15) is 0 Å². The minimum atomic E-state index is -0.798. The second kappa shape index (κ2) is 16.4. The summed E-state index contributed by atoms with van der Waals surface area (Å²) in [5.74, 6) is 1.12. The number of aliphatic hydroxyl groups is 2. The van der Waals surface area contributed by atoms with Crippen molar-refractivity contribution in [2.75, 3.05) is 45.9 Å². The van der Waals surface area contributed by atoms with Gasteiger partial charge in [-0.3, -0.25) is 4.79 Å². The van der Waals surface area contributed by atoms with E-state index in [0.717, 1.165) is 62.1 Å². The third-order valence-electron chi connectivity index (χ3n) is 10.0. The number of β-amino-alcohol motifs (C(OH)–C–C–N with tert-alkyl or cyclic N) is 1. The van der Waals surface area contributed by atoms with Gasteiger partial charge in [-0.05, 0) is 104 Å². The van der Waals surface area contributed by atoms with E-state index in [1.54, 1.807) is 12.1 Å². The van der Waals surface area contributed by atoms with Crippen LogP contribution in [0, 0.1) is 0 Å². The van der Waals surface area contributed by atoms with Gasteiger partial charge in [-0.25, -0.2) is 0 Å². The van der Waals surface area contributed by atoms with Gasteiger partial charge in [0.1, 0.15) is 17.2 Å². The van der Waals surface area contributed by atoms with Gasteiger partial charge in [0, 0.05) is 35.5 Å². The number of aromatic nitrogens is 1. The van der Waals surface area contributed by atoms with E-state index >= 15 is 0 Å². The molecule has 1 aliphatic rings. The van der Waals surface area contributed by atoms with Crippen LogP contribution in [0.4, 0.5) is 0 Å². The van der Waals surface area contributed by atoms with Crippen LogP contribution in [0.25, 0.3) is 10.9 Å². The van der Waals surface area contributed by atoms with Crippen LogP contribution in [-0.4, -0.2) is 76.2 Å². The van der Waals surface area contributed by atoms with E-state index < -0.39 is 6.10 Å². The highest BCUT2D eigenvalue weighted by Crippen LogP contribution is 2.45. The van der Waals surface area contributed by atoms with Crippen molar-refractivity contribution in [3.63, 3.8) is 0 Å². The second-order valence-corrected chi connectivity index (χ2v) is 13.2. The van der Waals surface area contributed by atoms with Gasteiger partial charge in [0.15, 0.2) is 0 Å². The summed E-state index contributed by atoms with van der Waals surface area (Å²) in [6, 6.07) is 30.8. The van der Waals surface area contributed by atoms with Gasteiger partial charge in [0.05, 0.1) is 24.8 Å². The molecule has 5 aromatic rings. The van der Waals surface area contributed by atoms with Crippen molar-refractivity contribution in [2.45, 2.75) is 43.6 Å². The maximum Gasteiger partial charge on any atom is 0.248 e. The average molecular weight is 678 g/mol. The molecule has 1 saturated heterocycles. The number of ether oxygens (including phenoxy) is 1. The van der Waals surface area contributed by atoms with Gasteiger partial charge in [0.2, 0.25) is 5.56 Å². The summed E-state index contributed by atoms with van der Waals surface area (Å²) in [6.07, 6.45) is 3.42. The average Bonchev–Trinajstić information content (AvgIpc) is 3.14. The number of fused-ring (bicyclic) bond motifs is 1. The summed E-state index contributed by atoms with van der Waals surface area (Å²) in [5, 5.41) is 45.4. The van der Waals surface area contributed by atoms with Gasteiger partial charge < -0.3 is 40.4 Å². The van der Waals surface area contributed by atoms with Crippen molar-refractivity contribution in [1.82, 2.24) is 15.2 Å². The quantitative estimate of drug-likeness (QED) is 0.0834. The van der Waals surface area contributed by atoms with Crippen molar-refractivity contribution < 1.29 is 25.2 Å². The van der Waals surface area contributed by atoms with Crippen molar-refractivity contribution in [2.24, 2.45) is 0 Å². The zero-order valence-corrected chi connectivity index (χ0v) is 28.4. The molecule has 6 rings (SSSR count). The number of phenolic OH excluding ortho intramolecular Hbond substituents is 2. The molecule has 0 bridgehead atoms. The summed E-state index contributed by atoms with van der Waals surface area (Å²) in [6.45, 7) is 4.15. The lowest BCUT2D eigenvalue weighted by Crippen LogP contribution is -2.44. The Morgan fingerprint density at radius 3 is 2.36 bits per heavy atom. The van der Waals surface area contributed by atoms with E-state index in [2.05, 4.69) is 57.7 Å². The maximum atomic E-state index is 11.7. The molecule has 1 aliphatic heterocycles. The summed E-state index contributed by atoms with van der Waals surface area (Å²) < 4.78 is 6.07. The minimum absolute atomic E-state index is 0.0277. The number of aryl methyl sites for hydroxylation is 1. The fourth-order valence-electron chi connectivity index (χ4n) is 7.24. The van der Waals surface area contributed by atoms with Gasteiger partial charge in [0.25, 0.3) is 0 Å². The Balaban J connectivity index is 0.977. The van der Waals surface area contributed by atoms with Crippen LogP contribution in [-0.2, 0) is 18.3 Å². The fraction of sp³-hybridized carbons (Fsp3) is 0.341. The predicted molar refractivity (Wildman–Crippen MR) is 196 cm³/mol. The van der Waals surface area contributed by atoms with Crippen molar-refractivity contribution in [1.29, 1.82) is 0 Å². The van der Waals surface area contributed by atoms with Crippen LogP contribution in [0.5, 0.6) is 17.2 Å². The lowest BCUT2D eigenvalue weighted by molar-refractivity contribution is 0.143. The van der Waals surface area contributed by atoms with E-state index in [9.17, 15) is 25.2 Å². The molecule has 50 heavy (non-hydrogen) atoms. The van der Waals surface area contributed by atoms with E-state index in [1.807, 2.05) is 30.3 Å². The Hall–Kier alpha value is -4.67. The number of rotatable bonds is 15. The van der Waals surface area contributed by atoms with E-state index in [-0.39, 0.29) is 23.3 Å². The van der Waals surface area contributed by atoms with Crippen molar-refractivity contribution >= 4 is 10.9 Å². The highest BCUT2D eigenvalue weighted by atomic mass is 16.5. The third kappa shape index (κ3) is 8.20. The predicted octanol–water partition coefficient (Wildman–Crippen LogP) is 5.19. The second-order valence-electron chi connectivity index (χ2n) is 13.2. The summed E-state index contributed by atoms with van der Waals surface area (Å²) in [5.41, 5.74) is 4.91. The molecule has 0 spiro atoms. The number of likely N-dealkylation sites (tertiary alicyclic amines) is 1. The first kappa shape index (κ1) is 35.2. The molecule has 0 radical (unpaired) electrons. The third-order valence-corrected chi connectivity index (χ3v) is 10.0. The SMILES string of the molecule is O=c1ccc2c([C@@H](O)CNCCc3ccc(OCCCc4ccc(O)c(C5(c6ccccc6)CCN(CCO)CC5)c4)cc3)ccc(O)c2[nH]1. The topological polar surface area (TPSA) is 138 Å². The molecular formula is C41H47N3O6. The molecule has 9 heteroatoms. The summed E-state index contributed by atoms with van der Waals surface area (Å²) in [4.78, 5) is 16.6. The number of aromatic amines is 1. The molecule has 0 aliphatic carbocycles. The molecule has 1 aromatic heterocycles. The van der Waals surface area contributed by atoms with Gasteiger partial charge in [-0.15, -0.1) is 0 Å². The molecule has 4 aromatic carbocycles. The number of hydrogen-bond donors (Lipinski definition) is 6. The zero-order valence-electron chi connectivity index (χ0n) is 28.4. The highest BCUT2D eigenvalue weighted by Gasteiger charge is 2.39.